The SMILES string of the molecule is Cc1sc2ncnc(Nc3ccccc3)c2c1-c1ccc(Br)cc1. The Hall–Kier alpha value is -2.24. The zero-order chi connectivity index (χ0) is 16.5. The fourth-order valence-corrected chi connectivity index (χ4v) is 4.04. The predicted molar refractivity (Wildman–Crippen MR) is 105 cm³/mol. The average molecular weight is 396 g/mol. The standard InChI is InChI=1S/C19H14BrN3S/c1-12-16(13-7-9-14(20)10-8-13)17-18(21-11-22-19(17)24-12)23-15-5-3-2-4-6-15/h2-11H,1H3,(H,21,22,23). The number of anilines is 2. The number of hydrogen-bond acceptors (Lipinski definition) is 4. The van der Waals surface area contributed by atoms with E-state index >= 15 is 0 Å². The van der Waals surface area contributed by atoms with Gasteiger partial charge in [-0.3, -0.25) is 0 Å². The summed E-state index contributed by atoms with van der Waals surface area (Å²) in [7, 11) is 0. The molecule has 0 saturated carbocycles. The first-order valence-corrected chi connectivity index (χ1v) is 9.15. The van der Waals surface area contributed by atoms with Gasteiger partial charge in [-0.1, -0.05) is 46.3 Å². The molecule has 0 spiro atoms. The number of halogens is 1. The van der Waals surface area contributed by atoms with Gasteiger partial charge in [0.15, 0.2) is 0 Å². The summed E-state index contributed by atoms with van der Waals surface area (Å²) in [5.41, 5.74) is 3.39. The highest BCUT2D eigenvalue weighted by molar-refractivity contribution is 9.10. The van der Waals surface area contributed by atoms with Crippen LogP contribution in [0.25, 0.3) is 21.3 Å². The minimum atomic E-state index is 0.841. The van der Waals surface area contributed by atoms with E-state index in [2.05, 4.69) is 62.4 Å². The first kappa shape index (κ1) is 15.3. The van der Waals surface area contributed by atoms with Gasteiger partial charge in [-0.25, -0.2) is 9.97 Å². The molecule has 0 aliphatic heterocycles. The van der Waals surface area contributed by atoms with Crippen LogP contribution in [0.15, 0.2) is 65.4 Å². The Morgan fingerprint density at radius 2 is 1.71 bits per heavy atom. The van der Waals surface area contributed by atoms with Crippen LogP contribution in [0.2, 0.25) is 0 Å². The molecule has 24 heavy (non-hydrogen) atoms. The number of aryl methyl sites for hydroxylation is 1. The van der Waals surface area contributed by atoms with Crippen molar-refractivity contribution in [3.63, 3.8) is 0 Å². The molecule has 0 fully saturated rings. The lowest BCUT2D eigenvalue weighted by Crippen LogP contribution is -1.95. The Labute approximate surface area is 152 Å². The van der Waals surface area contributed by atoms with Crippen LogP contribution in [-0.4, -0.2) is 9.97 Å². The van der Waals surface area contributed by atoms with E-state index < -0.39 is 0 Å². The molecule has 0 unspecified atom stereocenters. The highest BCUT2D eigenvalue weighted by Gasteiger charge is 2.16. The molecule has 4 rings (SSSR count). The van der Waals surface area contributed by atoms with Gasteiger partial charge < -0.3 is 5.32 Å². The summed E-state index contributed by atoms with van der Waals surface area (Å²) in [5, 5.41) is 4.50. The van der Waals surface area contributed by atoms with Gasteiger partial charge in [0.1, 0.15) is 17.0 Å². The molecule has 0 aliphatic carbocycles. The lowest BCUT2D eigenvalue weighted by atomic mass is 10.0. The van der Waals surface area contributed by atoms with Crippen LogP contribution < -0.4 is 5.32 Å². The number of aromatic nitrogens is 2. The highest BCUT2D eigenvalue weighted by Crippen LogP contribution is 2.41. The third-order valence-corrected chi connectivity index (χ3v) is 5.38. The number of rotatable bonds is 3. The summed E-state index contributed by atoms with van der Waals surface area (Å²) in [5.74, 6) is 0.841. The monoisotopic (exact) mass is 395 g/mol. The number of benzene rings is 2. The Morgan fingerprint density at radius 3 is 2.46 bits per heavy atom. The van der Waals surface area contributed by atoms with Gasteiger partial charge in [-0.05, 0) is 36.8 Å². The molecule has 118 valence electrons. The summed E-state index contributed by atoms with van der Waals surface area (Å²) in [6.07, 6.45) is 1.62. The van der Waals surface area contributed by atoms with Gasteiger partial charge in [0, 0.05) is 20.6 Å². The Balaban J connectivity index is 1.91. The van der Waals surface area contributed by atoms with E-state index in [9.17, 15) is 0 Å². The summed E-state index contributed by atoms with van der Waals surface area (Å²) in [4.78, 5) is 11.2. The number of hydrogen-bond donors (Lipinski definition) is 1. The molecule has 0 bridgehead atoms. The summed E-state index contributed by atoms with van der Waals surface area (Å²) >= 11 is 5.20. The second kappa shape index (κ2) is 6.34. The maximum Gasteiger partial charge on any atom is 0.143 e. The molecule has 5 heteroatoms. The van der Waals surface area contributed by atoms with Crippen molar-refractivity contribution >= 4 is 49.0 Å². The third kappa shape index (κ3) is 2.81. The van der Waals surface area contributed by atoms with Crippen molar-refractivity contribution in [3.8, 4) is 11.1 Å². The zero-order valence-corrected chi connectivity index (χ0v) is 15.4. The van der Waals surface area contributed by atoms with E-state index in [1.54, 1.807) is 17.7 Å². The van der Waals surface area contributed by atoms with E-state index in [0.717, 1.165) is 26.2 Å². The van der Waals surface area contributed by atoms with Crippen molar-refractivity contribution in [3.05, 3.63) is 70.3 Å². The van der Waals surface area contributed by atoms with E-state index in [1.165, 1.54) is 16.0 Å². The van der Waals surface area contributed by atoms with Gasteiger partial charge in [0.2, 0.25) is 0 Å². The minimum Gasteiger partial charge on any atom is -0.340 e. The highest BCUT2D eigenvalue weighted by atomic mass is 79.9. The molecule has 0 amide bonds. The quantitative estimate of drug-likeness (QED) is 0.450. The van der Waals surface area contributed by atoms with Crippen molar-refractivity contribution < 1.29 is 0 Å². The van der Waals surface area contributed by atoms with E-state index in [4.69, 9.17) is 0 Å². The number of nitrogens with one attached hydrogen (secondary N) is 1. The van der Waals surface area contributed by atoms with E-state index in [1.807, 2.05) is 30.3 Å². The van der Waals surface area contributed by atoms with Crippen LogP contribution in [0, 0.1) is 6.92 Å². The normalized spacial score (nSPS) is 10.9. The van der Waals surface area contributed by atoms with Gasteiger partial charge in [-0.2, -0.15) is 0 Å². The Kier molecular flexibility index (Phi) is 4.04. The van der Waals surface area contributed by atoms with Crippen LogP contribution in [-0.2, 0) is 0 Å². The lowest BCUT2D eigenvalue weighted by Gasteiger charge is -2.09. The Bertz CT molecular complexity index is 994. The number of nitrogens with zero attached hydrogens (tertiary/aromatic N) is 2. The van der Waals surface area contributed by atoms with Gasteiger partial charge in [0.25, 0.3) is 0 Å². The number of thiophene rings is 1. The molecule has 2 aromatic carbocycles. The average Bonchev–Trinajstić information content (AvgIpc) is 2.94. The summed E-state index contributed by atoms with van der Waals surface area (Å²) in [6, 6.07) is 18.5. The molecule has 2 heterocycles. The number of fused-ring (bicyclic) bond motifs is 1. The molecular weight excluding hydrogens is 382 g/mol. The first-order chi connectivity index (χ1) is 11.7. The van der Waals surface area contributed by atoms with Crippen LogP contribution in [0.1, 0.15) is 4.88 Å². The van der Waals surface area contributed by atoms with Crippen molar-refractivity contribution in [2.24, 2.45) is 0 Å². The van der Waals surface area contributed by atoms with Crippen LogP contribution in [0.4, 0.5) is 11.5 Å². The summed E-state index contributed by atoms with van der Waals surface area (Å²) < 4.78 is 1.07. The lowest BCUT2D eigenvalue weighted by molar-refractivity contribution is 1.23. The van der Waals surface area contributed by atoms with Gasteiger partial charge in [0.05, 0.1) is 5.39 Å². The van der Waals surface area contributed by atoms with E-state index in [0.29, 0.717) is 0 Å². The van der Waals surface area contributed by atoms with Crippen molar-refractivity contribution in [1.29, 1.82) is 0 Å². The Morgan fingerprint density at radius 1 is 0.958 bits per heavy atom. The molecule has 0 saturated heterocycles. The molecule has 0 radical (unpaired) electrons. The second-order valence-corrected chi connectivity index (χ2v) is 7.55. The maximum absolute atomic E-state index is 4.49. The molecule has 3 nitrogen and oxygen atoms in total. The summed E-state index contributed by atoms with van der Waals surface area (Å²) in [6.45, 7) is 2.13. The molecule has 2 aromatic heterocycles. The van der Waals surface area contributed by atoms with Gasteiger partial charge >= 0.3 is 0 Å². The topological polar surface area (TPSA) is 37.8 Å². The third-order valence-electron chi connectivity index (χ3n) is 3.83. The molecule has 0 aliphatic rings. The van der Waals surface area contributed by atoms with Crippen LogP contribution in [0.3, 0.4) is 0 Å². The fourth-order valence-electron chi connectivity index (χ4n) is 2.76. The molecule has 4 aromatic rings. The molecule has 1 N–H and O–H groups in total. The van der Waals surface area contributed by atoms with E-state index in [-0.39, 0.29) is 0 Å². The molecule has 0 atom stereocenters. The fraction of sp³-hybridized carbons (Fsp3) is 0.0526. The minimum absolute atomic E-state index is 0.841. The van der Waals surface area contributed by atoms with Gasteiger partial charge in [-0.15, -0.1) is 11.3 Å². The number of para-hydroxylation sites is 1. The van der Waals surface area contributed by atoms with Crippen LogP contribution >= 0.6 is 27.3 Å². The second-order valence-electron chi connectivity index (χ2n) is 5.43. The predicted octanol–water partition coefficient (Wildman–Crippen LogP) is 6.17. The maximum atomic E-state index is 4.49. The van der Waals surface area contributed by atoms with Crippen molar-refractivity contribution in [1.82, 2.24) is 9.97 Å². The molecular formula is C19H14BrN3S. The zero-order valence-electron chi connectivity index (χ0n) is 13.0. The van der Waals surface area contributed by atoms with Crippen molar-refractivity contribution in [2.45, 2.75) is 6.92 Å². The van der Waals surface area contributed by atoms with Crippen molar-refractivity contribution in [2.75, 3.05) is 5.32 Å². The largest absolute Gasteiger partial charge is 0.340 e. The smallest absolute Gasteiger partial charge is 0.143 e. The van der Waals surface area contributed by atoms with Crippen LogP contribution in [0.5, 0.6) is 0 Å². The first-order valence-electron chi connectivity index (χ1n) is 7.54.